The van der Waals surface area contributed by atoms with Crippen LogP contribution in [0.4, 0.5) is 0 Å². The van der Waals surface area contributed by atoms with Crippen LogP contribution < -0.4 is 0 Å². The van der Waals surface area contributed by atoms with E-state index in [4.69, 9.17) is 0 Å². The van der Waals surface area contributed by atoms with E-state index < -0.39 is 0 Å². The summed E-state index contributed by atoms with van der Waals surface area (Å²) in [5, 5.41) is 0. The molecule has 1 unspecified atom stereocenters. The first-order valence-corrected chi connectivity index (χ1v) is 3.04. The minimum atomic E-state index is 0.278. The van der Waals surface area contributed by atoms with E-state index in [2.05, 4.69) is 6.92 Å². The number of carbonyl (C=O) groups is 1. The minimum absolute atomic E-state index is 0.278. The van der Waals surface area contributed by atoms with Crippen molar-refractivity contribution in [2.45, 2.75) is 25.8 Å². The molecule has 2 nitrogen and oxygen atoms in total. The van der Waals surface area contributed by atoms with Crippen LogP contribution in [0.15, 0.2) is 0 Å². The topological polar surface area (TPSA) is 20.1 Å². The molecule has 1 fully saturated rings. The second kappa shape index (κ2) is 1.77. The van der Waals surface area contributed by atoms with Gasteiger partial charge in [0.15, 0.2) is 0 Å². The van der Waals surface area contributed by atoms with Crippen molar-refractivity contribution in [3.05, 3.63) is 0 Å². The van der Waals surface area contributed by atoms with Gasteiger partial charge in [-0.15, -0.1) is 0 Å². The van der Waals surface area contributed by atoms with Crippen LogP contribution in [0.2, 0.25) is 0 Å². The summed E-state index contributed by atoms with van der Waals surface area (Å²) in [7, 11) is 1.85. The van der Waals surface area contributed by atoms with Crippen LogP contribution in [0.5, 0.6) is 0 Å². The number of carbonyl (C=O) groups excluding carboxylic acids is 1. The summed E-state index contributed by atoms with van der Waals surface area (Å²) in [6, 6.07) is 0.278. The zero-order valence-electron chi connectivity index (χ0n) is 5.35. The van der Waals surface area contributed by atoms with Crippen molar-refractivity contribution in [2.24, 2.45) is 0 Å². The number of likely N-dealkylation sites (N-methyl/N-ethyl adjacent to an activating group) is 1. The lowest BCUT2D eigenvalue weighted by molar-refractivity contribution is -0.113. The maximum Gasteiger partial charge on any atom is 0.245 e. The molecule has 1 saturated heterocycles. The monoisotopic (exact) mass is 113 g/mol. The Bertz CT molecular complexity index is 111. The molecule has 0 aromatic carbocycles. The first kappa shape index (κ1) is 5.60. The molecule has 8 heavy (non-hydrogen) atoms. The van der Waals surface area contributed by atoms with Crippen molar-refractivity contribution in [3.63, 3.8) is 0 Å². The van der Waals surface area contributed by atoms with Crippen LogP contribution in [0.1, 0.15) is 19.8 Å². The first-order chi connectivity index (χ1) is 3.77. The summed E-state index contributed by atoms with van der Waals surface area (Å²) in [5.74, 6) is 0.312. The molecule has 1 aliphatic rings. The van der Waals surface area contributed by atoms with Gasteiger partial charge in [0, 0.05) is 7.05 Å². The molecule has 2 heteroatoms. The van der Waals surface area contributed by atoms with Crippen molar-refractivity contribution in [2.75, 3.05) is 7.05 Å². The Morgan fingerprint density at radius 2 is 2.25 bits per heavy atom. The van der Waals surface area contributed by atoms with E-state index in [-0.39, 0.29) is 6.04 Å². The highest BCUT2D eigenvalue weighted by Crippen LogP contribution is 2.20. The third-order valence-electron chi connectivity index (χ3n) is 1.59. The summed E-state index contributed by atoms with van der Waals surface area (Å²) in [6.45, 7) is 2.10. The molecule has 1 atom stereocenters. The smallest absolute Gasteiger partial charge is 0.245 e. The van der Waals surface area contributed by atoms with Gasteiger partial charge in [0.1, 0.15) is 6.04 Å². The highest BCUT2D eigenvalue weighted by atomic mass is 16.2. The Morgan fingerprint density at radius 1 is 1.75 bits per heavy atom. The second-order valence-electron chi connectivity index (χ2n) is 2.25. The van der Waals surface area contributed by atoms with Crippen LogP contribution in [-0.2, 0) is 4.79 Å². The fraction of sp³-hybridized carbons (Fsp3) is 0.833. The average molecular weight is 113 g/mol. The lowest BCUT2D eigenvalue weighted by Crippen LogP contribution is -1.91. The summed E-state index contributed by atoms with van der Waals surface area (Å²) >= 11 is 0. The normalized spacial score (nSPS) is 26.5. The summed E-state index contributed by atoms with van der Waals surface area (Å²) in [4.78, 5) is 12.3. The lowest BCUT2D eigenvalue weighted by Gasteiger charge is -1.86. The quantitative estimate of drug-likeness (QED) is 0.481. The molecule has 0 spiro atoms. The Balaban J connectivity index is 2.23. The Kier molecular flexibility index (Phi) is 1.24. The van der Waals surface area contributed by atoms with Gasteiger partial charge in [0.05, 0.1) is 0 Å². The molecule has 1 heterocycles. The maximum absolute atomic E-state index is 10.5. The fourth-order valence-electron chi connectivity index (χ4n) is 0.909. The standard InChI is InChI=1S/C6H11NO/c1-3-4-5-6(8)7(5)2/h5H,3-4H2,1-2H3. The molecule has 1 amide bonds. The average Bonchev–Trinajstić information content (AvgIpc) is 2.25. The van der Waals surface area contributed by atoms with Crippen LogP contribution in [0.25, 0.3) is 0 Å². The lowest BCUT2D eigenvalue weighted by atomic mass is 10.3. The zero-order valence-corrected chi connectivity index (χ0v) is 5.35. The van der Waals surface area contributed by atoms with Crippen LogP contribution >= 0.6 is 0 Å². The van der Waals surface area contributed by atoms with Gasteiger partial charge in [-0.1, -0.05) is 13.3 Å². The highest BCUT2D eigenvalue weighted by Gasteiger charge is 2.40. The predicted molar refractivity (Wildman–Crippen MR) is 31.5 cm³/mol. The van der Waals surface area contributed by atoms with Gasteiger partial charge in [-0.05, 0) is 6.42 Å². The third kappa shape index (κ3) is 0.703. The summed E-state index contributed by atoms with van der Waals surface area (Å²) < 4.78 is 0. The molecule has 0 aromatic heterocycles. The molecular formula is C6H11NO. The molecule has 0 N–H and O–H groups in total. The molecule has 0 bridgehead atoms. The Hall–Kier alpha value is -0.530. The van der Waals surface area contributed by atoms with Crippen LogP contribution in [0.3, 0.4) is 0 Å². The number of hydrogen-bond acceptors (Lipinski definition) is 1. The molecule has 0 radical (unpaired) electrons. The van der Waals surface area contributed by atoms with E-state index in [9.17, 15) is 4.79 Å². The number of rotatable bonds is 2. The zero-order chi connectivity index (χ0) is 6.15. The molecule has 0 aliphatic carbocycles. The van der Waals surface area contributed by atoms with Gasteiger partial charge in [-0.3, -0.25) is 4.79 Å². The maximum atomic E-state index is 10.5. The number of hydrogen-bond donors (Lipinski definition) is 0. The number of amides is 1. The van der Waals surface area contributed by atoms with E-state index in [0.29, 0.717) is 5.91 Å². The molecule has 0 saturated carbocycles. The first-order valence-electron chi connectivity index (χ1n) is 3.04. The van der Waals surface area contributed by atoms with Gasteiger partial charge in [0.25, 0.3) is 0 Å². The van der Waals surface area contributed by atoms with E-state index in [1.54, 1.807) is 4.90 Å². The van der Waals surface area contributed by atoms with E-state index in [1.807, 2.05) is 7.05 Å². The van der Waals surface area contributed by atoms with Crippen molar-refractivity contribution in [1.82, 2.24) is 4.90 Å². The predicted octanol–water partition coefficient (Wildman–Crippen LogP) is 0.627. The molecule has 1 aliphatic heterocycles. The van der Waals surface area contributed by atoms with Gasteiger partial charge < -0.3 is 4.90 Å². The van der Waals surface area contributed by atoms with E-state index in [1.165, 1.54) is 0 Å². The molecular weight excluding hydrogens is 102 g/mol. The molecule has 1 rings (SSSR count). The Morgan fingerprint density at radius 3 is 2.38 bits per heavy atom. The van der Waals surface area contributed by atoms with E-state index in [0.717, 1.165) is 12.8 Å². The summed E-state index contributed by atoms with van der Waals surface area (Å²) in [5.41, 5.74) is 0. The summed E-state index contributed by atoms with van der Waals surface area (Å²) in [6.07, 6.45) is 2.15. The molecule has 46 valence electrons. The van der Waals surface area contributed by atoms with Crippen LogP contribution in [0, 0.1) is 0 Å². The van der Waals surface area contributed by atoms with Gasteiger partial charge in [-0.25, -0.2) is 0 Å². The van der Waals surface area contributed by atoms with Crippen molar-refractivity contribution < 1.29 is 4.79 Å². The Labute approximate surface area is 49.5 Å². The van der Waals surface area contributed by atoms with Crippen molar-refractivity contribution in [1.29, 1.82) is 0 Å². The second-order valence-corrected chi connectivity index (χ2v) is 2.25. The largest absolute Gasteiger partial charge is 0.332 e. The highest BCUT2D eigenvalue weighted by molar-refractivity contribution is 5.96. The van der Waals surface area contributed by atoms with E-state index >= 15 is 0 Å². The van der Waals surface area contributed by atoms with Crippen molar-refractivity contribution >= 4 is 5.91 Å². The third-order valence-corrected chi connectivity index (χ3v) is 1.59. The molecule has 0 aromatic rings. The number of nitrogens with zero attached hydrogens (tertiary/aromatic N) is 1. The SMILES string of the molecule is CCCC1C(=O)N1C. The van der Waals surface area contributed by atoms with Gasteiger partial charge in [-0.2, -0.15) is 0 Å². The van der Waals surface area contributed by atoms with Crippen LogP contribution in [-0.4, -0.2) is 23.9 Å². The van der Waals surface area contributed by atoms with Gasteiger partial charge in [0.2, 0.25) is 5.91 Å². The van der Waals surface area contributed by atoms with Crippen molar-refractivity contribution in [3.8, 4) is 0 Å². The minimum Gasteiger partial charge on any atom is -0.332 e. The fourth-order valence-corrected chi connectivity index (χ4v) is 0.909. The van der Waals surface area contributed by atoms with Gasteiger partial charge >= 0.3 is 0 Å².